The predicted molar refractivity (Wildman–Crippen MR) is 93.3 cm³/mol. The summed E-state index contributed by atoms with van der Waals surface area (Å²) in [6.07, 6.45) is 0.990. The summed E-state index contributed by atoms with van der Waals surface area (Å²) in [5, 5.41) is 7.95. The Morgan fingerprint density at radius 1 is 1.28 bits per heavy atom. The van der Waals surface area contributed by atoms with Gasteiger partial charge in [0.1, 0.15) is 5.75 Å². The molecule has 130 valence electrons. The number of ether oxygens (including phenoxy) is 2. The summed E-state index contributed by atoms with van der Waals surface area (Å²) >= 11 is 1.61. The highest BCUT2D eigenvalue weighted by atomic mass is 32.1. The minimum absolute atomic E-state index is 0.0354. The van der Waals surface area contributed by atoms with Gasteiger partial charge in [-0.1, -0.05) is 17.3 Å². The number of hydrogen-bond acceptors (Lipinski definition) is 7. The molecular formula is C18H18N2O4S. The summed E-state index contributed by atoms with van der Waals surface area (Å²) in [5.74, 6) is 1.06. The quantitative estimate of drug-likeness (QED) is 0.569. The van der Waals surface area contributed by atoms with Crippen molar-refractivity contribution >= 4 is 17.3 Å². The lowest BCUT2D eigenvalue weighted by Gasteiger charge is -2.06. The zero-order chi connectivity index (χ0) is 17.5. The van der Waals surface area contributed by atoms with Crippen molar-refractivity contribution in [1.29, 1.82) is 0 Å². The molecule has 0 aliphatic carbocycles. The van der Waals surface area contributed by atoms with Crippen molar-refractivity contribution in [1.82, 2.24) is 10.1 Å². The van der Waals surface area contributed by atoms with Crippen molar-refractivity contribution in [2.24, 2.45) is 0 Å². The number of esters is 1. The lowest BCUT2D eigenvalue weighted by molar-refractivity contribution is -0.145. The highest BCUT2D eigenvalue weighted by molar-refractivity contribution is 7.07. The number of carbonyl (C=O) groups is 1. The molecule has 0 spiro atoms. The first kappa shape index (κ1) is 17.2. The molecule has 1 aromatic carbocycles. The SMILES string of the molecule is CCOc1ccccc1-c1noc(COC(=O)CCc2ccsc2)n1. The average molecular weight is 358 g/mol. The van der Waals surface area contributed by atoms with E-state index in [0.717, 1.165) is 11.1 Å². The van der Waals surface area contributed by atoms with Gasteiger partial charge >= 0.3 is 5.97 Å². The molecule has 0 aliphatic rings. The van der Waals surface area contributed by atoms with Crippen LogP contribution >= 0.6 is 11.3 Å². The van der Waals surface area contributed by atoms with Gasteiger partial charge in [-0.2, -0.15) is 16.3 Å². The first-order valence-electron chi connectivity index (χ1n) is 7.97. The van der Waals surface area contributed by atoms with Crippen molar-refractivity contribution < 1.29 is 18.8 Å². The molecule has 0 saturated heterocycles. The Kier molecular flexibility index (Phi) is 5.79. The Labute approximate surface area is 149 Å². The van der Waals surface area contributed by atoms with Crippen molar-refractivity contribution in [3.63, 3.8) is 0 Å². The Hall–Kier alpha value is -2.67. The van der Waals surface area contributed by atoms with Gasteiger partial charge in [0, 0.05) is 6.42 Å². The van der Waals surface area contributed by atoms with Gasteiger partial charge in [-0.3, -0.25) is 4.79 Å². The third-order valence-electron chi connectivity index (χ3n) is 3.45. The van der Waals surface area contributed by atoms with E-state index in [9.17, 15) is 4.79 Å². The van der Waals surface area contributed by atoms with Crippen LogP contribution in [0.2, 0.25) is 0 Å². The number of rotatable bonds is 8. The maximum atomic E-state index is 11.8. The third kappa shape index (κ3) is 4.67. The van der Waals surface area contributed by atoms with E-state index in [0.29, 0.717) is 31.0 Å². The van der Waals surface area contributed by atoms with E-state index < -0.39 is 0 Å². The lowest BCUT2D eigenvalue weighted by Crippen LogP contribution is -2.05. The van der Waals surface area contributed by atoms with Gasteiger partial charge in [0.05, 0.1) is 12.2 Å². The molecule has 0 unspecified atom stereocenters. The lowest BCUT2D eigenvalue weighted by atomic mass is 10.2. The highest BCUT2D eigenvalue weighted by Crippen LogP contribution is 2.27. The van der Waals surface area contributed by atoms with Crippen molar-refractivity contribution in [2.45, 2.75) is 26.4 Å². The largest absolute Gasteiger partial charge is 0.493 e. The molecule has 2 heterocycles. The summed E-state index contributed by atoms with van der Waals surface area (Å²) in [7, 11) is 0. The van der Waals surface area contributed by atoms with Crippen LogP contribution in [0.25, 0.3) is 11.4 Å². The monoisotopic (exact) mass is 358 g/mol. The van der Waals surface area contributed by atoms with E-state index in [1.54, 1.807) is 11.3 Å². The fourth-order valence-corrected chi connectivity index (χ4v) is 2.95. The summed E-state index contributed by atoms with van der Waals surface area (Å²) in [4.78, 5) is 16.1. The molecule has 3 rings (SSSR count). The Balaban J connectivity index is 1.56. The number of benzene rings is 1. The second kappa shape index (κ2) is 8.43. The van der Waals surface area contributed by atoms with Crippen LogP contribution < -0.4 is 4.74 Å². The first-order valence-corrected chi connectivity index (χ1v) is 8.92. The summed E-state index contributed by atoms with van der Waals surface area (Å²) < 4.78 is 15.9. The number of hydrogen-bond donors (Lipinski definition) is 0. The van der Waals surface area contributed by atoms with Crippen LogP contribution in [0.15, 0.2) is 45.6 Å². The highest BCUT2D eigenvalue weighted by Gasteiger charge is 2.14. The fourth-order valence-electron chi connectivity index (χ4n) is 2.25. The zero-order valence-corrected chi connectivity index (χ0v) is 14.6. The number of aromatic nitrogens is 2. The summed E-state index contributed by atoms with van der Waals surface area (Å²) in [6.45, 7) is 2.42. The van der Waals surface area contributed by atoms with Crippen LogP contribution in [-0.4, -0.2) is 22.7 Å². The second-order valence-electron chi connectivity index (χ2n) is 5.23. The number of aryl methyl sites for hydroxylation is 1. The van der Waals surface area contributed by atoms with Crippen LogP contribution in [0, 0.1) is 0 Å². The Morgan fingerprint density at radius 3 is 2.96 bits per heavy atom. The van der Waals surface area contributed by atoms with Gasteiger partial charge in [0.15, 0.2) is 6.61 Å². The molecule has 0 bridgehead atoms. The summed E-state index contributed by atoms with van der Waals surface area (Å²) in [6, 6.07) is 9.45. The van der Waals surface area contributed by atoms with Gasteiger partial charge in [-0.15, -0.1) is 0 Å². The standard InChI is InChI=1S/C18H18N2O4S/c1-2-22-15-6-4-3-5-14(15)18-19-16(24-20-18)11-23-17(21)8-7-13-9-10-25-12-13/h3-6,9-10,12H,2,7-8,11H2,1H3. The maximum absolute atomic E-state index is 11.8. The van der Waals surface area contributed by atoms with Gasteiger partial charge in [-0.05, 0) is 47.9 Å². The number of nitrogens with zero attached hydrogens (tertiary/aromatic N) is 2. The normalized spacial score (nSPS) is 10.6. The molecule has 7 heteroatoms. The first-order chi connectivity index (χ1) is 12.3. The van der Waals surface area contributed by atoms with Gasteiger partial charge in [-0.25, -0.2) is 0 Å². The molecule has 0 amide bonds. The van der Waals surface area contributed by atoms with Crippen molar-refractivity contribution in [2.75, 3.05) is 6.61 Å². The maximum Gasteiger partial charge on any atom is 0.306 e. The molecule has 2 aromatic heterocycles. The van der Waals surface area contributed by atoms with E-state index in [2.05, 4.69) is 10.1 Å². The minimum atomic E-state index is -0.291. The third-order valence-corrected chi connectivity index (χ3v) is 4.18. The molecule has 0 aliphatic heterocycles. The Morgan fingerprint density at radius 2 is 2.16 bits per heavy atom. The molecule has 25 heavy (non-hydrogen) atoms. The molecular weight excluding hydrogens is 340 g/mol. The van der Waals surface area contributed by atoms with E-state index in [4.69, 9.17) is 14.0 Å². The Bertz CT molecular complexity index is 814. The molecule has 0 radical (unpaired) electrons. The molecule has 0 atom stereocenters. The average Bonchev–Trinajstić information content (AvgIpc) is 3.31. The van der Waals surface area contributed by atoms with Crippen molar-refractivity contribution in [3.8, 4) is 17.1 Å². The van der Waals surface area contributed by atoms with E-state index in [-0.39, 0.29) is 18.5 Å². The molecule has 0 N–H and O–H groups in total. The van der Waals surface area contributed by atoms with Crippen molar-refractivity contribution in [3.05, 3.63) is 52.5 Å². The van der Waals surface area contributed by atoms with Gasteiger partial charge < -0.3 is 14.0 Å². The van der Waals surface area contributed by atoms with Gasteiger partial charge in [0.25, 0.3) is 5.89 Å². The number of para-hydroxylation sites is 1. The van der Waals surface area contributed by atoms with Crippen LogP contribution in [0.1, 0.15) is 24.8 Å². The van der Waals surface area contributed by atoms with E-state index in [1.807, 2.05) is 48.0 Å². The molecule has 0 fully saturated rings. The molecule has 6 nitrogen and oxygen atoms in total. The zero-order valence-electron chi connectivity index (χ0n) is 13.8. The van der Waals surface area contributed by atoms with Crippen LogP contribution in [0.4, 0.5) is 0 Å². The topological polar surface area (TPSA) is 74.5 Å². The second-order valence-corrected chi connectivity index (χ2v) is 6.01. The van der Waals surface area contributed by atoms with Gasteiger partial charge in [0.2, 0.25) is 5.82 Å². The summed E-state index contributed by atoms with van der Waals surface area (Å²) in [5.41, 5.74) is 1.87. The number of thiophene rings is 1. The molecule has 0 saturated carbocycles. The predicted octanol–water partition coefficient (Wildman–Crippen LogP) is 3.87. The minimum Gasteiger partial charge on any atom is -0.493 e. The van der Waals surface area contributed by atoms with E-state index >= 15 is 0 Å². The molecule has 3 aromatic rings. The van der Waals surface area contributed by atoms with Crippen LogP contribution in [-0.2, 0) is 22.6 Å². The fraction of sp³-hybridized carbons (Fsp3) is 0.278. The van der Waals surface area contributed by atoms with Crippen LogP contribution in [0.5, 0.6) is 5.75 Å². The van der Waals surface area contributed by atoms with Crippen LogP contribution in [0.3, 0.4) is 0 Å². The smallest absolute Gasteiger partial charge is 0.306 e. The number of carbonyl (C=O) groups excluding carboxylic acids is 1. The van der Waals surface area contributed by atoms with E-state index in [1.165, 1.54) is 0 Å².